The molecule has 0 atom stereocenters. The zero-order chi connectivity index (χ0) is 15.0. The van der Waals surface area contributed by atoms with E-state index in [9.17, 15) is 8.42 Å². The summed E-state index contributed by atoms with van der Waals surface area (Å²) in [6.45, 7) is 0. The van der Waals surface area contributed by atoms with Crippen molar-refractivity contribution in [2.45, 2.75) is 5.03 Å². The zero-order valence-corrected chi connectivity index (χ0v) is 13.2. The van der Waals surface area contributed by atoms with Crippen molar-refractivity contribution in [3.63, 3.8) is 0 Å². The molecule has 0 spiro atoms. The highest BCUT2D eigenvalue weighted by Gasteiger charge is 2.25. The number of sulfonamides is 1. The van der Waals surface area contributed by atoms with Crippen molar-refractivity contribution in [1.29, 1.82) is 0 Å². The van der Waals surface area contributed by atoms with Crippen LogP contribution in [-0.2, 0) is 10.0 Å². The van der Waals surface area contributed by atoms with E-state index < -0.39 is 10.0 Å². The van der Waals surface area contributed by atoms with Crippen LogP contribution >= 0.6 is 22.9 Å². The number of hydrogen-bond donors (Lipinski definition) is 1. The van der Waals surface area contributed by atoms with E-state index >= 15 is 0 Å². The Balaban J connectivity index is 1.99. The molecule has 0 saturated heterocycles. The van der Waals surface area contributed by atoms with Crippen molar-refractivity contribution in [1.82, 2.24) is 9.38 Å². The van der Waals surface area contributed by atoms with E-state index in [-0.39, 0.29) is 10.2 Å². The van der Waals surface area contributed by atoms with Crippen LogP contribution in [0.3, 0.4) is 0 Å². The fourth-order valence-electron chi connectivity index (χ4n) is 1.84. The lowest BCUT2D eigenvalue weighted by Crippen LogP contribution is -2.15. The van der Waals surface area contributed by atoms with Crippen molar-refractivity contribution in [3.8, 4) is 5.75 Å². The summed E-state index contributed by atoms with van der Waals surface area (Å²) in [5.41, 5.74) is 0.414. The maximum absolute atomic E-state index is 12.5. The Kier molecular flexibility index (Phi) is 3.52. The summed E-state index contributed by atoms with van der Waals surface area (Å²) in [6.07, 6.45) is 1.61. The number of rotatable bonds is 4. The van der Waals surface area contributed by atoms with Crippen LogP contribution in [-0.4, -0.2) is 24.9 Å². The molecule has 0 fully saturated rings. The van der Waals surface area contributed by atoms with Crippen LogP contribution in [0.2, 0.25) is 5.15 Å². The molecular weight excluding hydrogens is 334 g/mol. The Morgan fingerprint density at radius 3 is 2.71 bits per heavy atom. The van der Waals surface area contributed by atoms with Gasteiger partial charge in [-0.3, -0.25) is 9.12 Å². The van der Waals surface area contributed by atoms with Gasteiger partial charge in [0.25, 0.3) is 10.0 Å². The molecule has 1 N–H and O–H groups in total. The average molecular weight is 344 g/mol. The van der Waals surface area contributed by atoms with Crippen LogP contribution in [0.15, 0.2) is 40.9 Å². The van der Waals surface area contributed by atoms with Gasteiger partial charge in [-0.25, -0.2) is 4.98 Å². The number of fused-ring (bicyclic) bond motifs is 1. The minimum atomic E-state index is -3.83. The Bertz CT molecular complexity index is 884. The fraction of sp³-hybridized carbons (Fsp3) is 0.0833. The molecule has 1 aromatic carbocycles. The number of ether oxygens (including phenoxy) is 1. The first kappa shape index (κ1) is 14.2. The third kappa shape index (κ3) is 2.57. The van der Waals surface area contributed by atoms with Crippen LogP contribution in [0.1, 0.15) is 0 Å². The van der Waals surface area contributed by atoms with Gasteiger partial charge in [-0.2, -0.15) is 8.42 Å². The molecule has 0 unspecified atom stereocenters. The highest BCUT2D eigenvalue weighted by atomic mass is 35.5. The Morgan fingerprint density at radius 2 is 2.05 bits per heavy atom. The van der Waals surface area contributed by atoms with E-state index in [1.807, 2.05) is 0 Å². The number of nitrogens with one attached hydrogen (secondary N) is 1. The molecule has 9 heteroatoms. The van der Waals surface area contributed by atoms with Crippen molar-refractivity contribution in [2.75, 3.05) is 11.8 Å². The topological polar surface area (TPSA) is 72.7 Å². The maximum Gasteiger partial charge on any atom is 0.281 e. The Hall–Kier alpha value is -1.77. The SMILES string of the molecule is COc1ccc(NS(=O)(=O)c2c(Cl)nc3sccn23)cc1. The summed E-state index contributed by atoms with van der Waals surface area (Å²) >= 11 is 7.25. The number of aromatic nitrogens is 2. The molecular formula is C12H10ClN3O3S2. The fourth-order valence-corrected chi connectivity index (χ4v) is 4.36. The molecule has 110 valence electrons. The Morgan fingerprint density at radius 1 is 1.33 bits per heavy atom. The molecule has 0 amide bonds. The number of anilines is 1. The van der Waals surface area contributed by atoms with Crippen LogP contribution in [0.4, 0.5) is 5.69 Å². The summed E-state index contributed by atoms with van der Waals surface area (Å²) in [6, 6.07) is 6.54. The van der Waals surface area contributed by atoms with Gasteiger partial charge in [-0.15, -0.1) is 11.3 Å². The van der Waals surface area contributed by atoms with Crippen molar-refractivity contribution in [2.24, 2.45) is 0 Å². The van der Waals surface area contributed by atoms with Crippen LogP contribution < -0.4 is 9.46 Å². The van der Waals surface area contributed by atoms with Gasteiger partial charge in [0.2, 0.25) is 0 Å². The zero-order valence-electron chi connectivity index (χ0n) is 10.8. The summed E-state index contributed by atoms with van der Waals surface area (Å²) in [5.74, 6) is 0.639. The molecule has 6 nitrogen and oxygen atoms in total. The van der Waals surface area contributed by atoms with E-state index in [1.54, 1.807) is 43.0 Å². The lowest BCUT2D eigenvalue weighted by molar-refractivity contribution is 0.415. The number of methoxy groups -OCH3 is 1. The number of thiazole rings is 1. The number of halogens is 1. The first-order chi connectivity index (χ1) is 10.0. The average Bonchev–Trinajstić information content (AvgIpc) is 2.98. The number of hydrogen-bond acceptors (Lipinski definition) is 5. The highest BCUT2D eigenvalue weighted by Crippen LogP contribution is 2.27. The van der Waals surface area contributed by atoms with Gasteiger partial charge in [0.1, 0.15) is 5.75 Å². The molecule has 0 aliphatic carbocycles. The standard InChI is InChI=1S/C12H10ClN3O3S2/c1-19-9-4-2-8(3-5-9)15-21(17,18)11-10(13)14-12-16(11)6-7-20-12/h2-7,15H,1H3. The van der Waals surface area contributed by atoms with E-state index in [2.05, 4.69) is 9.71 Å². The first-order valence-electron chi connectivity index (χ1n) is 5.79. The second-order valence-corrected chi connectivity index (χ2v) is 6.93. The third-order valence-electron chi connectivity index (χ3n) is 2.78. The molecule has 2 aromatic heterocycles. The van der Waals surface area contributed by atoms with Gasteiger partial charge < -0.3 is 4.74 Å². The van der Waals surface area contributed by atoms with E-state index in [4.69, 9.17) is 16.3 Å². The minimum absolute atomic E-state index is 0.0529. The molecule has 2 heterocycles. The number of nitrogens with zero attached hydrogens (tertiary/aromatic N) is 2. The maximum atomic E-state index is 12.5. The van der Waals surface area contributed by atoms with E-state index in [0.29, 0.717) is 16.4 Å². The predicted molar refractivity (Wildman–Crippen MR) is 81.9 cm³/mol. The van der Waals surface area contributed by atoms with Gasteiger partial charge >= 0.3 is 0 Å². The molecule has 0 saturated carbocycles. The van der Waals surface area contributed by atoms with E-state index in [1.165, 1.54) is 15.7 Å². The second kappa shape index (κ2) is 5.21. The minimum Gasteiger partial charge on any atom is -0.497 e. The van der Waals surface area contributed by atoms with Gasteiger partial charge in [-0.1, -0.05) is 11.6 Å². The number of benzene rings is 1. The highest BCUT2D eigenvalue weighted by molar-refractivity contribution is 7.92. The largest absolute Gasteiger partial charge is 0.497 e. The van der Waals surface area contributed by atoms with Crippen molar-refractivity contribution in [3.05, 3.63) is 41.0 Å². The third-order valence-corrected chi connectivity index (χ3v) is 5.31. The molecule has 3 rings (SSSR count). The lowest BCUT2D eigenvalue weighted by atomic mass is 10.3. The van der Waals surface area contributed by atoms with Crippen LogP contribution in [0, 0.1) is 0 Å². The number of imidazole rings is 1. The van der Waals surface area contributed by atoms with Gasteiger partial charge in [0.05, 0.1) is 7.11 Å². The molecule has 0 aliphatic heterocycles. The van der Waals surface area contributed by atoms with Gasteiger partial charge in [0.15, 0.2) is 15.1 Å². The molecule has 0 aliphatic rings. The monoisotopic (exact) mass is 343 g/mol. The molecule has 0 radical (unpaired) electrons. The van der Waals surface area contributed by atoms with E-state index in [0.717, 1.165) is 0 Å². The van der Waals surface area contributed by atoms with Crippen molar-refractivity contribution >= 4 is 43.6 Å². The molecule has 21 heavy (non-hydrogen) atoms. The van der Waals surface area contributed by atoms with Gasteiger partial charge in [0, 0.05) is 17.3 Å². The van der Waals surface area contributed by atoms with Crippen molar-refractivity contribution < 1.29 is 13.2 Å². The van der Waals surface area contributed by atoms with Crippen LogP contribution in [0.5, 0.6) is 5.75 Å². The lowest BCUT2D eigenvalue weighted by Gasteiger charge is -2.08. The normalized spacial score (nSPS) is 11.7. The van der Waals surface area contributed by atoms with Crippen LogP contribution in [0.25, 0.3) is 4.96 Å². The summed E-state index contributed by atoms with van der Waals surface area (Å²) in [4.78, 5) is 4.54. The molecule has 0 bridgehead atoms. The van der Waals surface area contributed by atoms with Gasteiger partial charge in [-0.05, 0) is 24.3 Å². The second-order valence-electron chi connectivity index (χ2n) is 4.10. The first-order valence-corrected chi connectivity index (χ1v) is 8.53. The predicted octanol–water partition coefficient (Wildman–Crippen LogP) is 2.86. The smallest absolute Gasteiger partial charge is 0.281 e. The summed E-state index contributed by atoms with van der Waals surface area (Å²) in [5, 5.41) is 1.62. The molecule has 3 aromatic rings. The quantitative estimate of drug-likeness (QED) is 0.790. The Labute approximate surface area is 130 Å². The summed E-state index contributed by atoms with van der Waals surface area (Å²) in [7, 11) is -2.29. The summed E-state index contributed by atoms with van der Waals surface area (Å²) < 4.78 is 33.9.